The minimum absolute atomic E-state index is 0.411. The number of ether oxygens (including phenoxy) is 1. The smallest absolute Gasteiger partial charge is 0.420 e. The second kappa shape index (κ2) is 4.87. The van der Waals surface area contributed by atoms with Crippen LogP contribution in [-0.4, -0.2) is 21.2 Å². The van der Waals surface area contributed by atoms with Gasteiger partial charge in [-0.25, -0.2) is 14.3 Å². The van der Waals surface area contributed by atoms with E-state index in [1.165, 1.54) is 4.57 Å². The number of halogens is 1. The molecule has 0 aromatic carbocycles. The van der Waals surface area contributed by atoms with E-state index in [1.54, 1.807) is 0 Å². The Bertz CT molecular complexity index is 756. The number of pyridine rings is 1. The first-order chi connectivity index (χ1) is 9.87. The average molecular weight is 350 g/mol. The standard InChI is InChI=1S/C15H16BrN3O2/c1-15(2,3)21-14(20)19-11-6-7-17-8-10(11)9-4-5-12(16)18-13(9)19/h4-7,17H,8H2,1-3H3. The van der Waals surface area contributed by atoms with Crippen LogP contribution in [0.3, 0.4) is 0 Å². The Morgan fingerprint density at radius 2 is 2.19 bits per heavy atom. The summed E-state index contributed by atoms with van der Waals surface area (Å²) in [4.78, 5) is 17.0. The summed E-state index contributed by atoms with van der Waals surface area (Å²) in [6.45, 7) is 6.22. The molecule has 0 amide bonds. The molecule has 0 unspecified atom stereocenters. The van der Waals surface area contributed by atoms with Gasteiger partial charge in [0.2, 0.25) is 0 Å². The van der Waals surface area contributed by atoms with Gasteiger partial charge in [-0.15, -0.1) is 0 Å². The van der Waals surface area contributed by atoms with E-state index in [9.17, 15) is 4.79 Å². The Balaban J connectivity index is 2.23. The zero-order valence-electron chi connectivity index (χ0n) is 12.1. The van der Waals surface area contributed by atoms with Gasteiger partial charge in [0, 0.05) is 17.5 Å². The predicted octanol–water partition coefficient (Wildman–Crippen LogP) is 3.66. The van der Waals surface area contributed by atoms with E-state index in [-0.39, 0.29) is 0 Å². The first-order valence-electron chi connectivity index (χ1n) is 6.70. The number of nitrogens with one attached hydrogen (secondary N) is 1. The van der Waals surface area contributed by atoms with Gasteiger partial charge in [-0.2, -0.15) is 0 Å². The number of aromatic nitrogens is 2. The molecule has 0 spiro atoms. The van der Waals surface area contributed by atoms with Gasteiger partial charge in [-0.1, -0.05) is 0 Å². The lowest BCUT2D eigenvalue weighted by molar-refractivity contribution is 0.0542. The van der Waals surface area contributed by atoms with E-state index < -0.39 is 11.7 Å². The average Bonchev–Trinajstić information content (AvgIpc) is 2.70. The van der Waals surface area contributed by atoms with Crippen molar-refractivity contribution in [2.24, 2.45) is 0 Å². The molecule has 0 saturated carbocycles. The van der Waals surface area contributed by atoms with Crippen molar-refractivity contribution in [3.63, 3.8) is 0 Å². The molecule has 0 fully saturated rings. The van der Waals surface area contributed by atoms with Crippen LogP contribution in [0, 0.1) is 0 Å². The second-order valence-electron chi connectivity index (χ2n) is 5.90. The van der Waals surface area contributed by atoms with Crippen LogP contribution in [-0.2, 0) is 11.3 Å². The maximum absolute atomic E-state index is 12.5. The lowest BCUT2D eigenvalue weighted by atomic mass is 10.1. The van der Waals surface area contributed by atoms with E-state index in [4.69, 9.17) is 4.74 Å². The van der Waals surface area contributed by atoms with Crippen molar-refractivity contribution in [2.75, 3.05) is 0 Å². The third kappa shape index (κ3) is 2.55. The molecule has 0 aliphatic carbocycles. The Morgan fingerprint density at radius 1 is 1.43 bits per heavy atom. The van der Waals surface area contributed by atoms with Gasteiger partial charge in [0.25, 0.3) is 0 Å². The van der Waals surface area contributed by atoms with E-state index in [2.05, 4.69) is 26.2 Å². The molecule has 0 bridgehead atoms. The number of carbonyl (C=O) groups excluding carboxylic acids is 1. The van der Waals surface area contributed by atoms with Gasteiger partial charge >= 0.3 is 6.09 Å². The Labute approximate surface area is 131 Å². The maximum atomic E-state index is 12.5. The summed E-state index contributed by atoms with van der Waals surface area (Å²) in [5.74, 6) is 0. The van der Waals surface area contributed by atoms with Crippen LogP contribution in [0.25, 0.3) is 17.1 Å². The summed E-state index contributed by atoms with van der Waals surface area (Å²) in [7, 11) is 0. The highest BCUT2D eigenvalue weighted by atomic mass is 79.9. The fraction of sp³-hybridized carbons (Fsp3) is 0.333. The first kappa shape index (κ1) is 14.1. The highest BCUT2D eigenvalue weighted by molar-refractivity contribution is 9.10. The minimum atomic E-state index is -0.552. The third-order valence-corrected chi connectivity index (χ3v) is 3.58. The number of nitrogens with zero attached hydrogens (tertiary/aromatic N) is 2. The summed E-state index contributed by atoms with van der Waals surface area (Å²) in [6.07, 6.45) is 3.29. The SMILES string of the molecule is CC(C)(C)OC(=O)n1c2c(c3ccc(Br)nc31)CNC=C2. The van der Waals surface area contributed by atoms with Crippen LogP contribution >= 0.6 is 15.9 Å². The van der Waals surface area contributed by atoms with Gasteiger partial charge in [-0.3, -0.25) is 0 Å². The lowest BCUT2D eigenvalue weighted by Crippen LogP contribution is -2.28. The lowest BCUT2D eigenvalue weighted by Gasteiger charge is -2.20. The van der Waals surface area contributed by atoms with Crippen LogP contribution < -0.4 is 5.32 Å². The zero-order valence-corrected chi connectivity index (χ0v) is 13.7. The molecule has 3 heterocycles. The molecular weight excluding hydrogens is 334 g/mol. The topological polar surface area (TPSA) is 56.2 Å². The van der Waals surface area contributed by atoms with E-state index in [0.717, 1.165) is 16.6 Å². The molecule has 2 aromatic heterocycles. The van der Waals surface area contributed by atoms with Crippen LogP contribution in [0.1, 0.15) is 32.0 Å². The second-order valence-corrected chi connectivity index (χ2v) is 6.71. The fourth-order valence-corrected chi connectivity index (χ4v) is 2.67. The summed E-state index contributed by atoms with van der Waals surface area (Å²) >= 11 is 3.36. The molecule has 3 rings (SSSR count). The fourth-order valence-electron chi connectivity index (χ4n) is 2.37. The number of hydrogen-bond donors (Lipinski definition) is 1. The molecule has 1 N–H and O–H groups in total. The van der Waals surface area contributed by atoms with Crippen molar-refractivity contribution in [2.45, 2.75) is 32.9 Å². The van der Waals surface area contributed by atoms with Crippen molar-refractivity contribution in [3.8, 4) is 0 Å². The van der Waals surface area contributed by atoms with Crippen molar-refractivity contribution >= 4 is 39.1 Å². The number of rotatable bonds is 0. The van der Waals surface area contributed by atoms with Crippen molar-refractivity contribution in [1.82, 2.24) is 14.9 Å². The first-order valence-corrected chi connectivity index (χ1v) is 7.49. The predicted molar refractivity (Wildman–Crippen MR) is 84.9 cm³/mol. The molecule has 21 heavy (non-hydrogen) atoms. The van der Waals surface area contributed by atoms with E-state index >= 15 is 0 Å². The molecule has 0 saturated heterocycles. The molecule has 2 aromatic rings. The number of fused-ring (bicyclic) bond motifs is 3. The quantitative estimate of drug-likeness (QED) is 0.737. The monoisotopic (exact) mass is 349 g/mol. The van der Waals surface area contributed by atoms with E-state index in [0.29, 0.717) is 16.8 Å². The molecule has 110 valence electrons. The van der Waals surface area contributed by atoms with Crippen molar-refractivity contribution in [1.29, 1.82) is 0 Å². The summed E-state index contributed by atoms with van der Waals surface area (Å²) < 4.78 is 7.74. The summed E-state index contributed by atoms with van der Waals surface area (Å²) in [5, 5.41) is 4.12. The van der Waals surface area contributed by atoms with Gasteiger partial charge in [0.05, 0.1) is 5.69 Å². The van der Waals surface area contributed by atoms with Gasteiger partial charge in [-0.05, 0) is 61.1 Å². The third-order valence-electron chi connectivity index (χ3n) is 3.14. The molecule has 5 nitrogen and oxygen atoms in total. The molecule has 1 aliphatic rings. The van der Waals surface area contributed by atoms with Gasteiger partial charge < -0.3 is 10.1 Å². The zero-order chi connectivity index (χ0) is 15.2. The number of hydrogen-bond acceptors (Lipinski definition) is 4. The van der Waals surface area contributed by atoms with Crippen LogP contribution in [0.5, 0.6) is 0 Å². The highest BCUT2D eigenvalue weighted by Crippen LogP contribution is 2.30. The summed E-state index contributed by atoms with van der Waals surface area (Å²) in [5.41, 5.74) is 1.93. The largest absolute Gasteiger partial charge is 0.443 e. The molecule has 6 heteroatoms. The molecular formula is C15H16BrN3O2. The molecule has 1 aliphatic heterocycles. The number of carbonyl (C=O) groups is 1. The Kier molecular flexibility index (Phi) is 3.28. The van der Waals surface area contributed by atoms with Crippen molar-refractivity contribution in [3.05, 3.63) is 34.2 Å². The molecule has 0 atom stereocenters. The minimum Gasteiger partial charge on any atom is -0.443 e. The van der Waals surface area contributed by atoms with E-state index in [1.807, 2.05) is 45.2 Å². The molecule has 0 radical (unpaired) electrons. The van der Waals surface area contributed by atoms with Gasteiger partial charge in [0.15, 0.2) is 5.65 Å². The van der Waals surface area contributed by atoms with Crippen LogP contribution in [0.4, 0.5) is 4.79 Å². The van der Waals surface area contributed by atoms with Crippen LogP contribution in [0.2, 0.25) is 0 Å². The van der Waals surface area contributed by atoms with Crippen LogP contribution in [0.15, 0.2) is 22.9 Å². The maximum Gasteiger partial charge on any atom is 0.420 e. The Morgan fingerprint density at radius 3 is 2.90 bits per heavy atom. The Hall–Kier alpha value is -1.82. The highest BCUT2D eigenvalue weighted by Gasteiger charge is 2.26. The van der Waals surface area contributed by atoms with Crippen molar-refractivity contribution < 1.29 is 9.53 Å². The van der Waals surface area contributed by atoms with Gasteiger partial charge in [0.1, 0.15) is 10.2 Å². The summed E-state index contributed by atoms with van der Waals surface area (Å²) in [6, 6.07) is 3.84. The normalized spacial score (nSPS) is 13.9.